The quantitative estimate of drug-likeness (QED) is 0.907. The fourth-order valence-corrected chi connectivity index (χ4v) is 2.23. The fraction of sp³-hybridized carbons (Fsp3) is 0.333. The maximum Gasteiger partial charge on any atom is 0.134 e. The van der Waals surface area contributed by atoms with E-state index >= 15 is 0 Å². The highest BCUT2D eigenvalue weighted by atomic mass is 79.9. The van der Waals surface area contributed by atoms with Crippen molar-refractivity contribution in [2.75, 3.05) is 6.61 Å². The number of hydrogen-bond acceptors (Lipinski definition) is 2. The van der Waals surface area contributed by atoms with Crippen molar-refractivity contribution >= 4 is 26.9 Å². The number of aliphatic hydroxyl groups is 1. The average molecular weight is 269 g/mol. The summed E-state index contributed by atoms with van der Waals surface area (Å²) in [6, 6.07) is 2.02. The van der Waals surface area contributed by atoms with Crippen molar-refractivity contribution in [3.63, 3.8) is 0 Å². The monoisotopic (exact) mass is 268 g/mol. The molecule has 0 bridgehead atoms. The van der Waals surface area contributed by atoms with Crippen LogP contribution < -0.4 is 0 Å². The van der Waals surface area contributed by atoms with E-state index in [1.807, 2.05) is 13.0 Å². The molecule has 80 valence electrons. The smallest absolute Gasteiger partial charge is 0.134 e. The Kier molecular flexibility index (Phi) is 2.85. The zero-order valence-corrected chi connectivity index (χ0v) is 10.4. The maximum absolute atomic E-state index is 8.96. The van der Waals surface area contributed by atoms with Crippen molar-refractivity contribution in [2.24, 2.45) is 0 Å². The highest BCUT2D eigenvalue weighted by Crippen LogP contribution is 2.32. The molecular weight excluding hydrogens is 256 g/mol. The summed E-state index contributed by atoms with van der Waals surface area (Å²) >= 11 is 3.57. The highest BCUT2D eigenvalue weighted by Gasteiger charge is 2.12. The largest absolute Gasteiger partial charge is 0.464 e. The van der Waals surface area contributed by atoms with Gasteiger partial charge in [-0.25, -0.2) is 0 Å². The first-order valence-corrected chi connectivity index (χ1v) is 5.71. The van der Waals surface area contributed by atoms with Crippen molar-refractivity contribution < 1.29 is 9.52 Å². The van der Waals surface area contributed by atoms with Gasteiger partial charge >= 0.3 is 0 Å². The van der Waals surface area contributed by atoms with Crippen LogP contribution in [0.2, 0.25) is 0 Å². The Morgan fingerprint density at radius 3 is 2.80 bits per heavy atom. The Morgan fingerprint density at radius 2 is 2.13 bits per heavy atom. The highest BCUT2D eigenvalue weighted by molar-refractivity contribution is 9.10. The van der Waals surface area contributed by atoms with Gasteiger partial charge in [-0.1, -0.05) is 15.9 Å². The van der Waals surface area contributed by atoms with Gasteiger partial charge in [-0.2, -0.15) is 0 Å². The molecule has 1 N–H and O–H groups in total. The van der Waals surface area contributed by atoms with Gasteiger partial charge in [0.25, 0.3) is 0 Å². The van der Waals surface area contributed by atoms with Gasteiger partial charge in [0.1, 0.15) is 5.58 Å². The van der Waals surface area contributed by atoms with Crippen LogP contribution >= 0.6 is 15.9 Å². The van der Waals surface area contributed by atoms with Crippen LogP contribution in [0.15, 0.2) is 21.2 Å². The molecule has 0 radical (unpaired) electrons. The minimum Gasteiger partial charge on any atom is -0.464 e. The third-order valence-corrected chi connectivity index (χ3v) is 3.90. The average Bonchev–Trinajstić information content (AvgIpc) is 2.59. The number of aliphatic hydroxyl groups excluding tert-OH is 1. The number of fused-ring (bicyclic) bond motifs is 1. The zero-order valence-electron chi connectivity index (χ0n) is 8.80. The van der Waals surface area contributed by atoms with Crippen LogP contribution in [0, 0.1) is 13.8 Å². The molecule has 0 aliphatic carbocycles. The van der Waals surface area contributed by atoms with Crippen LogP contribution in [0.3, 0.4) is 0 Å². The van der Waals surface area contributed by atoms with Crippen LogP contribution in [0.1, 0.15) is 16.7 Å². The van der Waals surface area contributed by atoms with E-state index in [1.165, 1.54) is 11.1 Å². The number of aryl methyl sites for hydroxylation is 2. The third-order valence-electron chi connectivity index (χ3n) is 2.67. The van der Waals surface area contributed by atoms with E-state index in [-0.39, 0.29) is 6.61 Å². The first kappa shape index (κ1) is 10.7. The Hall–Kier alpha value is -0.800. The summed E-state index contributed by atoms with van der Waals surface area (Å²) in [5, 5.41) is 10.1. The molecule has 1 aromatic heterocycles. The lowest BCUT2D eigenvalue weighted by Crippen LogP contribution is -1.91. The summed E-state index contributed by atoms with van der Waals surface area (Å²) in [7, 11) is 0. The topological polar surface area (TPSA) is 33.4 Å². The van der Waals surface area contributed by atoms with Crippen LogP contribution in [0.5, 0.6) is 0 Å². The van der Waals surface area contributed by atoms with E-state index in [4.69, 9.17) is 9.52 Å². The molecule has 0 aliphatic heterocycles. The molecule has 0 amide bonds. The zero-order chi connectivity index (χ0) is 11.0. The second-order valence-corrected chi connectivity index (χ2v) is 4.53. The van der Waals surface area contributed by atoms with E-state index in [2.05, 4.69) is 22.9 Å². The van der Waals surface area contributed by atoms with Crippen LogP contribution in [-0.4, -0.2) is 11.7 Å². The Balaban J connectivity index is 2.74. The van der Waals surface area contributed by atoms with Gasteiger partial charge in [0.05, 0.1) is 6.26 Å². The van der Waals surface area contributed by atoms with Gasteiger partial charge in [0, 0.05) is 22.0 Å². The first-order chi connectivity index (χ1) is 7.15. The van der Waals surface area contributed by atoms with Crippen LogP contribution in [0.25, 0.3) is 11.0 Å². The molecule has 2 nitrogen and oxygen atoms in total. The molecule has 0 aliphatic rings. The summed E-state index contributed by atoms with van der Waals surface area (Å²) < 4.78 is 6.61. The summed E-state index contributed by atoms with van der Waals surface area (Å²) in [6.07, 6.45) is 2.38. The van der Waals surface area contributed by atoms with Crippen molar-refractivity contribution in [3.8, 4) is 0 Å². The Labute approximate surface area is 97.0 Å². The number of benzene rings is 1. The van der Waals surface area contributed by atoms with Gasteiger partial charge in [-0.15, -0.1) is 0 Å². The Morgan fingerprint density at radius 1 is 1.40 bits per heavy atom. The molecule has 1 aromatic carbocycles. The first-order valence-electron chi connectivity index (χ1n) is 4.91. The second-order valence-electron chi connectivity index (χ2n) is 3.74. The van der Waals surface area contributed by atoms with E-state index in [9.17, 15) is 0 Å². The van der Waals surface area contributed by atoms with E-state index in [0.29, 0.717) is 6.42 Å². The molecule has 3 heteroatoms. The number of furan rings is 1. The Bertz CT molecular complexity index is 500. The third kappa shape index (κ3) is 1.70. The van der Waals surface area contributed by atoms with Gasteiger partial charge < -0.3 is 9.52 Å². The van der Waals surface area contributed by atoms with E-state index in [0.717, 1.165) is 21.0 Å². The number of hydrogen-bond donors (Lipinski definition) is 1. The predicted octanol–water partition coefficient (Wildman–Crippen LogP) is 3.35. The lowest BCUT2D eigenvalue weighted by molar-refractivity contribution is 0.299. The molecular formula is C12H13BrO2. The second kappa shape index (κ2) is 3.99. The predicted molar refractivity (Wildman–Crippen MR) is 64.2 cm³/mol. The van der Waals surface area contributed by atoms with Crippen molar-refractivity contribution in [1.29, 1.82) is 0 Å². The molecule has 0 saturated carbocycles. The van der Waals surface area contributed by atoms with Gasteiger partial charge in [0.15, 0.2) is 0 Å². The summed E-state index contributed by atoms with van der Waals surface area (Å²) in [4.78, 5) is 0. The minimum atomic E-state index is 0.152. The molecule has 0 atom stereocenters. The van der Waals surface area contributed by atoms with Crippen molar-refractivity contribution in [2.45, 2.75) is 20.3 Å². The SMILES string of the molecule is Cc1cc2occ(CCO)c2c(C)c1Br. The lowest BCUT2D eigenvalue weighted by atomic mass is 10.0. The summed E-state index contributed by atoms with van der Waals surface area (Å²) in [6.45, 7) is 4.26. The molecule has 2 rings (SSSR count). The molecule has 0 unspecified atom stereocenters. The van der Waals surface area contributed by atoms with Gasteiger partial charge in [-0.05, 0) is 37.5 Å². The van der Waals surface area contributed by atoms with E-state index in [1.54, 1.807) is 6.26 Å². The molecule has 0 spiro atoms. The molecule has 15 heavy (non-hydrogen) atoms. The van der Waals surface area contributed by atoms with Crippen LogP contribution in [-0.2, 0) is 6.42 Å². The molecule has 0 saturated heterocycles. The summed E-state index contributed by atoms with van der Waals surface area (Å²) in [5.41, 5.74) is 4.33. The van der Waals surface area contributed by atoms with Crippen molar-refractivity contribution in [1.82, 2.24) is 0 Å². The standard InChI is InChI=1S/C12H13BrO2/c1-7-5-10-11(8(2)12(7)13)9(3-4-14)6-15-10/h5-6,14H,3-4H2,1-2H3. The molecule has 1 heterocycles. The molecule has 0 fully saturated rings. The molecule has 2 aromatic rings. The van der Waals surface area contributed by atoms with Crippen molar-refractivity contribution in [3.05, 3.63) is 33.5 Å². The lowest BCUT2D eigenvalue weighted by Gasteiger charge is -2.05. The maximum atomic E-state index is 8.96. The van der Waals surface area contributed by atoms with E-state index < -0.39 is 0 Å². The normalized spacial score (nSPS) is 11.2. The minimum absolute atomic E-state index is 0.152. The van der Waals surface area contributed by atoms with Crippen LogP contribution in [0.4, 0.5) is 0 Å². The van der Waals surface area contributed by atoms with Gasteiger partial charge in [-0.3, -0.25) is 0 Å². The van der Waals surface area contributed by atoms with Gasteiger partial charge in [0.2, 0.25) is 0 Å². The fourth-order valence-electron chi connectivity index (χ4n) is 1.91. The number of halogens is 1. The number of rotatable bonds is 2. The summed E-state index contributed by atoms with van der Waals surface area (Å²) in [5.74, 6) is 0.